The molecular weight excluding hydrogens is 236 g/mol. The van der Waals surface area contributed by atoms with E-state index in [1.165, 1.54) is 16.7 Å². The van der Waals surface area contributed by atoms with E-state index in [2.05, 4.69) is 41.5 Å². The van der Waals surface area contributed by atoms with Gasteiger partial charge in [0, 0.05) is 18.4 Å². The second kappa shape index (κ2) is 5.51. The summed E-state index contributed by atoms with van der Waals surface area (Å²) in [5.41, 5.74) is 3.89. The topological polar surface area (TPSA) is 34.1 Å². The molecule has 2 heterocycles. The Labute approximate surface area is 113 Å². The Hall–Kier alpha value is -1.71. The highest BCUT2D eigenvalue weighted by molar-refractivity contribution is 5.31. The third-order valence-electron chi connectivity index (χ3n) is 3.63. The lowest BCUT2D eigenvalue weighted by atomic mass is 9.97. The van der Waals surface area contributed by atoms with E-state index in [4.69, 9.17) is 4.74 Å². The Kier molecular flexibility index (Phi) is 3.58. The van der Waals surface area contributed by atoms with Gasteiger partial charge >= 0.3 is 0 Å². The molecule has 0 saturated carbocycles. The first-order valence-corrected chi connectivity index (χ1v) is 6.66. The van der Waals surface area contributed by atoms with Crippen LogP contribution >= 0.6 is 0 Å². The monoisotopic (exact) mass is 254 g/mol. The lowest BCUT2D eigenvalue weighted by molar-refractivity contribution is 0.0791. The Morgan fingerprint density at radius 3 is 2.84 bits per heavy atom. The quantitative estimate of drug-likeness (QED) is 0.914. The Bertz CT molecular complexity index is 541. The van der Waals surface area contributed by atoms with Crippen LogP contribution in [0.2, 0.25) is 0 Å². The largest absolute Gasteiger partial charge is 0.375 e. The Balaban J connectivity index is 1.78. The molecule has 0 aliphatic carbocycles. The highest BCUT2D eigenvalue weighted by atomic mass is 16.5. The number of fused-ring (bicyclic) bond motifs is 1. The van der Waals surface area contributed by atoms with Crippen molar-refractivity contribution in [3.05, 3.63) is 65.5 Å². The van der Waals surface area contributed by atoms with Gasteiger partial charge in [0.05, 0.1) is 19.3 Å². The van der Waals surface area contributed by atoms with Gasteiger partial charge in [-0.15, -0.1) is 0 Å². The number of pyridine rings is 1. The van der Waals surface area contributed by atoms with Crippen LogP contribution in [0.4, 0.5) is 0 Å². The first-order valence-electron chi connectivity index (χ1n) is 6.66. The fourth-order valence-corrected chi connectivity index (χ4v) is 2.57. The molecule has 2 atom stereocenters. The minimum Gasteiger partial charge on any atom is -0.375 e. The fraction of sp³-hybridized carbons (Fsp3) is 0.312. The molecule has 0 spiro atoms. The van der Waals surface area contributed by atoms with E-state index in [0.29, 0.717) is 0 Å². The standard InChI is InChI=1S/C16H18N2O/c1-12(13-6-8-17-9-7-13)18-16-11-19-10-14-4-2-3-5-15(14)16/h2-9,12,16,18H,10-11H2,1H3/t12-,16?/m0/s1. The van der Waals surface area contributed by atoms with Gasteiger partial charge in [0.2, 0.25) is 0 Å². The van der Waals surface area contributed by atoms with Gasteiger partial charge in [-0.3, -0.25) is 4.98 Å². The molecule has 3 rings (SSSR count). The highest BCUT2D eigenvalue weighted by Crippen LogP contribution is 2.26. The summed E-state index contributed by atoms with van der Waals surface area (Å²) in [6.45, 7) is 3.62. The molecule has 0 bridgehead atoms. The summed E-state index contributed by atoms with van der Waals surface area (Å²) in [6, 6.07) is 13.1. The number of nitrogens with one attached hydrogen (secondary N) is 1. The van der Waals surface area contributed by atoms with E-state index in [0.717, 1.165) is 13.2 Å². The average molecular weight is 254 g/mol. The van der Waals surface area contributed by atoms with Gasteiger partial charge in [0.15, 0.2) is 0 Å². The lowest BCUT2D eigenvalue weighted by Gasteiger charge is -2.29. The second-order valence-corrected chi connectivity index (χ2v) is 4.94. The van der Waals surface area contributed by atoms with E-state index >= 15 is 0 Å². The lowest BCUT2D eigenvalue weighted by Crippen LogP contribution is -2.31. The van der Waals surface area contributed by atoms with Gasteiger partial charge in [-0.2, -0.15) is 0 Å². The zero-order valence-electron chi connectivity index (χ0n) is 11.0. The molecule has 98 valence electrons. The van der Waals surface area contributed by atoms with Crippen LogP contribution in [0.5, 0.6) is 0 Å². The molecule has 1 N–H and O–H groups in total. The van der Waals surface area contributed by atoms with Crippen LogP contribution < -0.4 is 5.32 Å². The summed E-state index contributed by atoms with van der Waals surface area (Å²) in [6.07, 6.45) is 3.66. The zero-order chi connectivity index (χ0) is 13.1. The van der Waals surface area contributed by atoms with Crippen molar-refractivity contribution < 1.29 is 4.74 Å². The van der Waals surface area contributed by atoms with Crippen LogP contribution in [0.3, 0.4) is 0 Å². The predicted octanol–water partition coefficient (Wildman–Crippen LogP) is 3.00. The zero-order valence-corrected chi connectivity index (χ0v) is 11.0. The predicted molar refractivity (Wildman–Crippen MR) is 74.6 cm³/mol. The number of aromatic nitrogens is 1. The molecule has 0 fully saturated rings. The molecule has 0 saturated heterocycles. The van der Waals surface area contributed by atoms with Gasteiger partial charge in [-0.05, 0) is 35.7 Å². The van der Waals surface area contributed by atoms with Crippen LogP contribution in [0.15, 0.2) is 48.8 Å². The van der Waals surface area contributed by atoms with Crippen molar-refractivity contribution in [2.24, 2.45) is 0 Å². The highest BCUT2D eigenvalue weighted by Gasteiger charge is 2.21. The summed E-state index contributed by atoms with van der Waals surface area (Å²) in [5.74, 6) is 0. The van der Waals surface area contributed by atoms with Crippen molar-refractivity contribution in [3.63, 3.8) is 0 Å². The number of rotatable bonds is 3. The van der Waals surface area contributed by atoms with Crippen molar-refractivity contribution in [3.8, 4) is 0 Å². The number of hydrogen-bond donors (Lipinski definition) is 1. The van der Waals surface area contributed by atoms with Crippen LogP contribution in [-0.4, -0.2) is 11.6 Å². The van der Waals surface area contributed by atoms with Crippen molar-refractivity contribution >= 4 is 0 Å². The summed E-state index contributed by atoms with van der Waals surface area (Å²) in [5, 5.41) is 3.64. The van der Waals surface area contributed by atoms with Gasteiger partial charge in [0.1, 0.15) is 0 Å². The number of ether oxygens (including phenoxy) is 1. The van der Waals surface area contributed by atoms with Crippen molar-refractivity contribution in [1.29, 1.82) is 0 Å². The molecule has 1 aliphatic heterocycles. The van der Waals surface area contributed by atoms with E-state index in [-0.39, 0.29) is 12.1 Å². The molecule has 3 nitrogen and oxygen atoms in total. The molecule has 1 unspecified atom stereocenters. The van der Waals surface area contributed by atoms with Crippen LogP contribution in [-0.2, 0) is 11.3 Å². The Morgan fingerprint density at radius 1 is 1.21 bits per heavy atom. The third-order valence-corrected chi connectivity index (χ3v) is 3.63. The van der Waals surface area contributed by atoms with E-state index in [1.807, 2.05) is 24.5 Å². The normalized spacial score (nSPS) is 19.7. The maximum Gasteiger partial charge on any atom is 0.0721 e. The molecule has 19 heavy (non-hydrogen) atoms. The SMILES string of the molecule is C[C@H](NC1COCc2ccccc21)c1ccncc1. The minimum atomic E-state index is 0.258. The summed E-state index contributed by atoms with van der Waals surface area (Å²) >= 11 is 0. The molecular formula is C16H18N2O. The molecule has 2 aromatic rings. The fourth-order valence-electron chi connectivity index (χ4n) is 2.57. The van der Waals surface area contributed by atoms with Crippen LogP contribution in [0.1, 0.15) is 35.7 Å². The third kappa shape index (κ3) is 2.67. The van der Waals surface area contributed by atoms with Gasteiger partial charge in [0.25, 0.3) is 0 Å². The van der Waals surface area contributed by atoms with Gasteiger partial charge in [-0.25, -0.2) is 0 Å². The molecule has 0 amide bonds. The summed E-state index contributed by atoms with van der Waals surface area (Å²) in [7, 11) is 0. The van der Waals surface area contributed by atoms with E-state index in [9.17, 15) is 0 Å². The summed E-state index contributed by atoms with van der Waals surface area (Å²) in [4.78, 5) is 4.06. The average Bonchev–Trinajstić information content (AvgIpc) is 2.48. The molecule has 1 aromatic carbocycles. The smallest absolute Gasteiger partial charge is 0.0721 e. The molecule has 0 radical (unpaired) electrons. The number of benzene rings is 1. The van der Waals surface area contributed by atoms with Gasteiger partial charge in [-0.1, -0.05) is 24.3 Å². The summed E-state index contributed by atoms with van der Waals surface area (Å²) < 4.78 is 5.67. The number of nitrogens with zero attached hydrogens (tertiary/aromatic N) is 1. The molecule has 1 aromatic heterocycles. The van der Waals surface area contributed by atoms with Gasteiger partial charge < -0.3 is 10.1 Å². The molecule has 3 heteroatoms. The first kappa shape index (κ1) is 12.3. The number of hydrogen-bond acceptors (Lipinski definition) is 3. The van der Waals surface area contributed by atoms with E-state index < -0.39 is 0 Å². The van der Waals surface area contributed by atoms with Crippen LogP contribution in [0, 0.1) is 0 Å². The second-order valence-electron chi connectivity index (χ2n) is 4.94. The van der Waals surface area contributed by atoms with Crippen molar-refractivity contribution in [1.82, 2.24) is 10.3 Å². The Morgan fingerprint density at radius 2 is 2.00 bits per heavy atom. The minimum absolute atomic E-state index is 0.258. The molecule has 1 aliphatic rings. The van der Waals surface area contributed by atoms with E-state index in [1.54, 1.807) is 0 Å². The first-order chi connectivity index (χ1) is 9.34. The van der Waals surface area contributed by atoms with Crippen LogP contribution in [0.25, 0.3) is 0 Å². The van der Waals surface area contributed by atoms with Crippen molar-refractivity contribution in [2.75, 3.05) is 6.61 Å². The maximum atomic E-state index is 5.67. The maximum absolute atomic E-state index is 5.67. The van der Waals surface area contributed by atoms with Crippen molar-refractivity contribution in [2.45, 2.75) is 25.6 Å².